The van der Waals surface area contributed by atoms with Crippen molar-refractivity contribution in [3.63, 3.8) is 0 Å². The number of carboxylic acid groups (broad SMARTS) is 1. The highest BCUT2D eigenvalue weighted by molar-refractivity contribution is 7.80. The van der Waals surface area contributed by atoms with Gasteiger partial charge in [0, 0.05) is 48.8 Å². The zero-order valence-electron chi connectivity index (χ0n) is 43.6. The van der Waals surface area contributed by atoms with E-state index in [1.807, 2.05) is 0 Å². The number of unbranched alkanes of at least 4 members (excludes halogenated alkanes) is 17. The van der Waals surface area contributed by atoms with E-state index in [1.165, 1.54) is 95.7 Å². The SMILES string of the molecule is CCCCCCCCCCCCCCCCCC(=O)NC(CS)C(=O)NC(Cc1cnc[nH]1)C(=O)NC(Cc1cnc[nH]1)C(=O)NC(CCCCN)C(=O)NC(CCCCN)C(=O)NC(CCCCN)C(=O)O. The lowest BCUT2D eigenvalue weighted by Gasteiger charge is -2.27. The summed E-state index contributed by atoms with van der Waals surface area (Å²) in [6.45, 7) is 3.25. The normalized spacial score (nSPS) is 13.7. The molecule has 0 aliphatic heterocycles. The average Bonchev–Trinajstić information content (AvgIpc) is 4.10. The lowest BCUT2D eigenvalue weighted by molar-refractivity contribution is -0.142. The molecule has 22 heteroatoms. The van der Waals surface area contributed by atoms with E-state index in [2.05, 4.69) is 71.4 Å². The van der Waals surface area contributed by atoms with Crippen molar-refractivity contribution in [2.24, 2.45) is 17.2 Å². The highest BCUT2D eigenvalue weighted by Crippen LogP contribution is 2.15. The van der Waals surface area contributed by atoms with Crippen molar-refractivity contribution in [1.29, 1.82) is 0 Å². The molecular formula is C51H91N13O8S. The van der Waals surface area contributed by atoms with E-state index in [4.69, 9.17) is 17.2 Å². The van der Waals surface area contributed by atoms with E-state index in [1.54, 1.807) is 0 Å². The van der Waals surface area contributed by atoms with Gasteiger partial charge < -0.3 is 64.2 Å². The molecule has 0 radical (unpaired) electrons. The molecule has 6 unspecified atom stereocenters. The predicted molar refractivity (Wildman–Crippen MR) is 286 cm³/mol. The Kier molecular flexibility index (Phi) is 35.4. The van der Waals surface area contributed by atoms with Crippen LogP contribution in [0.4, 0.5) is 0 Å². The third-order valence-electron chi connectivity index (χ3n) is 12.8. The van der Waals surface area contributed by atoms with E-state index in [0.717, 1.165) is 19.3 Å². The van der Waals surface area contributed by atoms with Crippen molar-refractivity contribution in [3.8, 4) is 0 Å². The minimum absolute atomic E-state index is 0.0439. The fourth-order valence-electron chi connectivity index (χ4n) is 8.40. The average molecular weight is 1050 g/mol. The number of carbonyl (C=O) groups excluding carboxylic acids is 6. The highest BCUT2D eigenvalue weighted by Gasteiger charge is 2.34. The molecule has 6 amide bonds. The van der Waals surface area contributed by atoms with E-state index < -0.39 is 71.8 Å². The summed E-state index contributed by atoms with van der Waals surface area (Å²) in [5, 5.41) is 26.1. The monoisotopic (exact) mass is 1050 g/mol. The Balaban J connectivity index is 2.14. The topological polar surface area (TPSA) is 347 Å². The molecule has 0 aliphatic carbocycles. The first-order valence-electron chi connectivity index (χ1n) is 27.1. The molecule has 15 N–H and O–H groups in total. The van der Waals surface area contributed by atoms with Gasteiger partial charge in [-0.3, -0.25) is 28.8 Å². The number of thiol groups is 1. The van der Waals surface area contributed by atoms with E-state index in [0.29, 0.717) is 76.0 Å². The van der Waals surface area contributed by atoms with Gasteiger partial charge in [-0.2, -0.15) is 12.6 Å². The van der Waals surface area contributed by atoms with Gasteiger partial charge in [0.1, 0.15) is 36.3 Å². The fraction of sp³-hybridized carbons (Fsp3) is 0.745. The molecule has 414 valence electrons. The molecule has 6 atom stereocenters. The van der Waals surface area contributed by atoms with Crippen LogP contribution in [0.25, 0.3) is 0 Å². The molecule has 73 heavy (non-hydrogen) atoms. The Labute approximate surface area is 438 Å². The molecule has 21 nitrogen and oxygen atoms in total. The van der Waals surface area contributed by atoms with Gasteiger partial charge in [-0.15, -0.1) is 0 Å². The second kappa shape index (κ2) is 40.3. The van der Waals surface area contributed by atoms with Gasteiger partial charge in [-0.25, -0.2) is 14.8 Å². The zero-order chi connectivity index (χ0) is 53.5. The lowest BCUT2D eigenvalue weighted by atomic mass is 10.0. The van der Waals surface area contributed by atoms with Gasteiger partial charge in [-0.1, -0.05) is 96.8 Å². The maximum Gasteiger partial charge on any atom is 0.326 e. The van der Waals surface area contributed by atoms with Crippen LogP contribution in [0.15, 0.2) is 25.0 Å². The summed E-state index contributed by atoms with van der Waals surface area (Å²) in [6.07, 6.45) is 27.3. The highest BCUT2D eigenvalue weighted by atomic mass is 32.1. The Hall–Kier alpha value is -5.06. The van der Waals surface area contributed by atoms with Crippen LogP contribution in [0.5, 0.6) is 0 Å². The van der Waals surface area contributed by atoms with Crippen LogP contribution in [0.1, 0.15) is 179 Å². The largest absolute Gasteiger partial charge is 0.480 e. The maximum absolute atomic E-state index is 14.3. The van der Waals surface area contributed by atoms with Gasteiger partial charge in [0.25, 0.3) is 0 Å². The molecule has 0 bridgehead atoms. The number of H-pyrrole nitrogens is 2. The van der Waals surface area contributed by atoms with Crippen LogP contribution < -0.4 is 49.1 Å². The van der Waals surface area contributed by atoms with Crippen molar-refractivity contribution >= 4 is 54.0 Å². The summed E-state index contributed by atoms with van der Waals surface area (Å²) >= 11 is 4.35. The molecular weight excluding hydrogens is 955 g/mol. The number of carbonyl (C=O) groups is 7. The molecule has 0 saturated heterocycles. The second-order valence-electron chi connectivity index (χ2n) is 19.1. The van der Waals surface area contributed by atoms with Crippen molar-refractivity contribution < 1.29 is 38.7 Å². The molecule has 2 aromatic rings. The van der Waals surface area contributed by atoms with Crippen LogP contribution >= 0.6 is 12.6 Å². The summed E-state index contributed by atoms with van der Waals surface area (Å²) in [6, 6.07) is -7.22. The number of hydrogen-bond donors (Lipinski definition) is 13. The van der Waals surface area contributed by atoms with E-state index >= 15 is 0 Å². The third kappa shape index (κ3) is 28.8. The molecule has 2 rings (SSSR count). The number of rotatable bonds is 45. The Morgan fingerprint density at radius 2 is 0.822 bits per heavy atom. The van der Waals surface area contributed by atoms with Crippen molar-refractivity contribution in [3.05, 3.63) is 36.4 Å². The first-order valence-corrected chi connectivity index (χ1v) is 27.7. The summed E-state index contributed by atoms with van der Waals surface area (Å²) < 4.78 is 0. The van der Waals surface area contributed by atoms with Gasteiger partial charge >= 0.3 is 5.97 Å². The summed E-state index contributed by atoms with van der Waals surface area (Å²) in [5.41, 5.74) is 18.0. The summed E-state index contributed by atoms with van der Waals surface area (Å²) in [7, 11) is 0. The van der Waals surface area contributed by atoms with Crippen molar-refractivity contribution in [1.82, 2.24) is 51.8 Å². The first-order chi connectivity index (χ1) is 35.4. The minimum Gasteiger partial charge on any atom is -0.480 e. The number of nitrogens with zero attached hydrogens (tertiary/aromatic N) is 2. The summed E-state index contributed by atoms with van der Waals surface area (Å²) in [5.74, 6) is -5.13. The number of aromatic amines is 2. The number of amides is 6. The Morgan fingerprint density at radius 1 is 0.479 bits per heavy atom. The number of nitrogens with two attached hydrogens (primary N) is 3. The third-order valence-corrected chi connectivity index (χ3v) is 13.2. The van der Waals surface area contributed by atoms with E-state index in [9.17, 15) is 38.7 Å². The molecule has 2 heterocycles. The quantitative estimate of drug-likeness (QED) is 0.0334. The van der Waals surface area contributed by atoms with Crippen molar-refractivity contribution in [2.75, 3.05) is 25.4 Å². The number of aliphatic carboxylic acids is 1. The lowest BCUT2D eigenvalue weighted by Crippen LogP contribution is -2.60. The van der Waals surface area contributed by atoms with Gasteiger partial charge in [0.2, 0.25) is 35.4 Å². The van der Waals surface area contributed by atoms with Crippen LogP contribution in [0.3, 0.4) is 0 Å². The molecule has 0 aromatic carbocycles. The number of nitrogens with one attached hydrogen (secondary N) is 8. The molecule has 0 aliphatic rings. The smallest absolute Gasteiger partial charge is 0.326 e. The summed E-state index contributed by atoms with van der Waals surface area (Å²) in [4.78, 5) is 109. The Morgan fingerprint density at radius 3 is 1.18 bits per heavy atom. The standard InChI is InChI=1S/C51H91N13O8S/c1-2-3-4-5-6-7-8-9-10-11-12-13-14-15-16-26-45(65)59-44(34-73)50(70)64-43(31-38-33-56-36-58-38)49(69)63-42(30-37-32-55-35-57-37)48(68)61-39(23-17-20-27-52)46(66)60-40(24-18-21-28-53)47(67)62-41(51(71)72)25-19-22-29-54/h32-33,35-36,39-44,73H,2-31,34,52-54H2,1H3,(H,55,57)(H,56,58)(H,59,65)(H,60,66)(H,61,68)(H,62,67)(H,63,69)(H,64,70)(H,71,72). The fourth-order valence-corrected chi connectivity index (χ4v) is 8.66. The van der Waals surface area contributed by atoms with Gasteiger partial charge in [0.15, 0.2) is 0 Å². The van der Waals surface area contributed by atoms with E-state index in [-0.39, 0.29) is 50.2 Å². The van der Waals surface area contributed by atoms with Crippen molar-refractivity contribution in [2.45, 2.75) is 217 Å². The molecule has 0 spiro atoms. The minimum atomic E-state index is -1.32. The number of hydrogen-bond acceptors (Lipinski definition) is 13. The van der Waals surface area contributed by atoms with Crippen LogP contribution in [-0.2, 0) is 46.4 Å². The van der Waals surface area contributed by atoms with Crippen LogP contribution in [-0.4, -0.2) is 128 Å². The van der Waals surface area contributed by atoms with Gasteiger partial charge in [0.05, 0.1) is 12.7 Å². The molecule has 0 saturated carbocycles. The van der Waals surface area contributed by atoms with Crippen LogP contribution in [0.2, 0.25) is 0 Å². The maximum atomic E-state index is 14.3. The van der Waals surface area contributed by atoms with Crippen LogP contribution in [0, 0.1) is 0 Å². The first kappa shape index (κ1) is 64.1. The number of imidazole rings is 2. The number of aromatic nitrogens is 4. The zero-order valence-corrected chi connectivity index (χ0v) is 44.5. The molecule has 0 fully saturated rings. The Bertz CT molecular complexity index is 1820. The second-order valence-corrected chi connectivity index (χ2v) is 19.4. The molecule has 2 aromatic heterocycles. The number of carboxylic acids is 1. The van der Waals surface area contributed by atoms with Gasteiger partial charge in [-0.05, 0) is 83.8 Å². The predicted octanol–water partition coefficient (Wildman–Crippen LogP) is 3.49.